The van der Waals surface area contributed by atoms with Gasteiger partial charge in [0.2, 0.25) is 0 Å². The minimum atomic E-state index is 0.353. The molecule has 0 bridgehead atoms. The summed E-state index contributed by atoms with van der Waals surface area (Å²) in [6.45, 7) is 6.22. The van der Waals surface area contributed by atoms with E-state index in [9.17, 15) is 0 Å². The first-order valence-corrected chi connectivity index (χ1v) is 7.27. The lowest BCUT2D eigenvalue weighted by molar-refractivity contribution is 0.550. The summed E-state index contributed by atoms with van der Waals surface area (Å²) in [5.41, 5.74) is 3.91. The topological polar surface area (TPSA) is 15.3 Å². The van der Waals surface area contributed by atoms with Crippen LogP contribution in [0, 0.1) is 6.92 Å². The van der Waals surface area contributed by atoms with Crippen LogP contribution in [0.15, 0.2) is 54.6 Å². The summed E-state index contributed by atoms with van der Waals surface area (Å²) in [7, 11) is 2.15. The predicted molar refractivity (Wildman–Crippen MR) is 87.3 cm³/mol. The molecule has 20 heavy (non-hydrogen) atoms. The van der Waals surface area contributed by atoms with E-state index >= 15 is 0 Å². The van der Waals surface area contributed by atoms with Crippen LogP contribution in [-0.4, -0.2) is 20.1 Å². The molecule has 2 nitrogen and oxygen atoms in total. The van der Waals surface area contributed by atoms with Gasteiger partial charge in [-0.1, -0.05) is 55.0 Å². The van der Waals surface area contributed by atoms with Crippen molar-refractivity contribution in [3.63, 3.8) is 0 Å². The highest BCUT2D eigenvalue weighted by atomic mass is 15.1. The Balaban J connectivity index is 2.11. The molecule has 106 valence electrons. The number of rotatable bonds is 6. The zero-order valence-electron chi connectivity index (χ0n) is 12.6. The van der Waals surface area contributed by atoms with Crippen LogP contribution in [0.1, 0.15) is 24.1 Å². The van der Waals surface area contributed by atoms with Crippen LogP contribution in [0.5, 0.6) is 0 Å². The molecule has 0 heterocycles. The maximum absolute atomic E-state index is 3.58. The first-order valence-electron chi connectivity index (χ1n) is 7.27. The molecule has 0 saturated heterocycles. The number of hydrogen-bond donors (Lipinski definition) is 1. The van der Waals surface area contributed by atoms with E-state index in [1.54, 1.807) is 0 Å². The van der Waals surface area contributed by atoms with Gasteiger partial charge >= 0.3 is 0 Å². The molecular formula is C18H24N2. The lowest BCUT2D eigenvalue weighted by Gasteiger charge is -2.27. The number of benzene rings is 2. The van der Waals surface area contributed by atoms with E-state index in [0.717, 1.165) is 13.1 Å². The van der Waals surface area contributed by atoms with Gasteiger partial charge in [0.1, 0.15) is 0 Å². The summed E-state index contributed by atoms with van der Waals surface area (Å²) in [4.78, 5) is 2.30. The number of nitrogens with one attached hydrogen (secondary N) is 1. The molecule has 1 N–H and O–H groups in total. The Kier molecular flexibility index (Phi) is 5.19. The molecule has 0 aliphatic carbocycles. The monoisotopic (exact) mass is 268 g/mol. The number of aryl methyl sites for hydroxylation is 1. The quantitative estimate of drug-likeness (QED) is 0.857. The van der Waals surface area contributed by atoms with Crippen molar-refractivity contribution in [2.45, 2.75) is 19.9 Å². The number of anilines is 1. The fourth-order valence-electron chi connectivity index (χ4n) is 2.39. The van der Waals surface area contributed by atoms with E-state index in [0.29, 0.717) is 6.04 Å². The third-order valence-electron chi connectivity index (χ3n) is 3.58. The summed E-state index contributed by atoms with van der Waals surface area (Å²) in [6.07, 6.45) is 0. The number of nitrogens with zero attached hydrogens (tertiary/aromatic N) is 1. The molecule has 2 aromatic carbocycles. The smallest absolute Gasteiger partial charge is 0.0498 e. The Hall–Kier alpha value is -1.80. The number of para-hydroxylation sites is 1. The van der Waals surface area contributed by atoms with Crippen molar-refractivity contribution in [3.8, 4) is 0 Å². The molecule has 0 aromatic heterocycles. The average molecular weight is 268 g/mol. The van der Waals surface area contributed by atoms with E-state index in [-0.39, 0.29) is 0 Å². The first kappa shape index (κ1) is 14.6. The van der Waals surface area contributed by atoms with Crippen LogP contribution < -0.4 is 10.2 Å². The molecule has 2 aromatic rings. The second kappa shape index (κ2) is 7.11. The zero-order chi connectivity index (χ0) is 14.4. The van der Waals surface area contributed by atoms with Gasteiger partial charge in [-0.3, -0.25) is 0 Å². The third kappa shape index (κ3) is 3.84. The van der Waals surface area contributed by atoms with Crippen LogP contribution >= 0.6 is 0 Å². The van der Waals surface area contributed by atoms with E-state index in [1.807, 2.05) is 0 Å². The van der Waals surface area contributed by atoms with Gasteiger partial charge in [-0.25, -0.2) is 0 Å². The van der Waals surface area contributed by atoms with Crippen molar-refractivity contribution in [2.24, 2.45) is 0 Å². The highest BCUT2D eigenvalue weighted by Gasteiger charge is 2.13. The molecule has 0 aliphatic heterocycles. The van der Waals surface area contributed by atoms with Crippen LogP contribution in [0.25, 0.3) is 0 Å². The molecule has 0 spiro atoms. The van der Waals surface area contributed by atoms with E-state index in [4.69, 9.17) is 0 Å². The molecule has 0 radical (unpaired) electrons. The highest BCUT2D eigenvalue weighted by molar-refractivity contribution is 5.45. The Labute approximate surface area is 122 Å². The van der Waals surface area contributed by atoms with E-state index in [1.165, 1.54) is 16.8 Å². The number of hydrogen-bond acceptors (Lipinski definition) is 2. The van der Waals surface area contributed by atoms with Crippen LogP contribution in [0.3, 0.4) is 0 Å². The minimum absolute atomic E-state index is 0.353. The predicted octanol–water partition coefficient (Wildman–Crippen LogP) is 3.78. The van der Waals surface area contributed by atoms with Crippen molar-refractivity contribution < 1.29 is 0 Å². The van der Waals surface area contributed by atoms with Gasteiger partial charge in [0, 0.05) is 25.3 Å². The lowest BCUT2D eigenvalue weighted by atomic mass is 10.0. The van der Waals surface area contributed by atoms with Gasteiger partial charge in [0.25, 0.3) is 0 Å². The maximum Gasteiger partial charge on any atom is 0.0498 e. The van der Waals surface area contributed by atoms with Crippen molar-refractivity contribution >= 4 is 5.69 Å². The van der Waals surface area contributed by atoms with Gasteiger partial charge < -0.3 is 10.2 Å². The van der Waals surface area contributed by atoms with Crippen LogP contribution in [0.2, 0.25) is 0 Å². The van der Waals surface area contributed by atoms with Gasteiger partial charge in [-0.2, -0.15) is 0 Å². The molecule has 2 heteroatoms. The summed E-state index contributed by atoms with van der Waals surface area (Å²) < 4.78 is 0. The van der Waals surface area contributed by atoms with Gasteiger partial charge in [-0.05, 0) is 31.2 Å². The normalized spacial score (nSPS) is 12.2. The molecule has 1 unspecified atom stereocenters. The first-order chi connectivity index (χ1) is 9.70. The van der Waals surface area contributed by atoms with Gasteiger partial charge in [-0.15, -0.1) is 0 Å². The summed E-state index contributed by atoms with van der Waals surface area (Å²) in [6, 6.07) is 19.7. The fourth-order valence-corrected chi connectivity index (χ4v) is 2.39. The average Bonchev–Trinajstić information content (AvgIpc) is 2.48. The summed E-state index contributed by atoms with van der Waals surface area (Å²) >= 11 is 0. The molecule has 2 rings (SSSR count). The zero-order valence-corrected chi connectivity index (χ0v) is 12.6. The molecule has 0 fully saturated rings. The third-order valence-corrected chi connectivity index (χ3v) is 3.58. The van der Waals surface area contributed by atoms with Crippen molar-refractivity contribution in [1.29, 1.82) is 0 Å². The van der Waals surface area contributed by atoms with Gasteiger partial charge in [0.05, 0.1) is 0 Å². The molecule has 1 atom stereocenters. The highest BCUT2D eigenvalue weighted by Crippen LogP contribution is 2.18. The summed E-state index contributed by atoms with van der Waals surface area (Å²) in [5, 5.41) is 3.58. The maximum atomic E-state index is 3.58. The van der Waals surface area contributed by atoms with Crippen LogP contribution in [0.4, 0.5) is 5.69 Å². The Morgan fingerprint density at radius 2 is 1.65 bits per heavy atom. The molecule has 0 aliphatic rings. The largest absolute Gasteiger partial charge is 0.373 e. The number of likely N-dealkylation sites (N-methyl/N-ethyl adjacent to an activating group) is 2. The van der Waals surface area contributed by atoms with E-state index in [2.05, 4.69) is 85.7 Å². The van der Waals surface area contributed by atoms with Crippen molar-refractivity contribution in [1.82, 2.24) is 5.32 Å². The Bertz CT molecular complexity index is 505. The minimum Gasteiger partial charge on any atom is -0.373 e. The Morgan fingerprint density at radius 1 is 1.00 bits per heavy atom. The molecular weight excluding hydrogens is 244 g/mol. The van der Waals surface area contributed by atoms with Crippen molar-refractivity contribution in [2.75, 3.05) is 25.0 Å². The fraction of sp³-hybridized carbons (Fsp3) is 0.333. The molecule has 0 amide bonds. The lowest BCUT2D eigenvalue weighted by Crippen LogP contribution is -2.33. The van der Waals surface area contributed by atoms with Crippen molar-refractivity contribution in [3.05, 3.63) is 65.7 Å². The SMILES string of the molecule is CCNC(CN(C)c1ccccc1)c1ccc(C)cc1. The Morgan fingerprint density at radius 3 is 2.25 bits per heavy atom. The van der Waals surface area contributed by atoms with Gasteiger partial charge in [0.15, 0.2) is 0 Å². The summed E-state index contributed by atoms with van der Waals surface area (Å²) in [5.74, 6) is 0. The second-order valence-corrected chi connectivity index (χ2v) is 5.24. The van der Waals surface area contributed by atoms with E-state index < -0.39 is 0 Å². The van der Waals surface area contributed by atoms with Crippen LogP contribution in [-0.2, 0) is 0 Å². The second-order valence-electron chi connectivity index (χ2n) is 5.24. The standard InChI is InChI=1S/C18H24N2/c1-4-19-18(16-12-10-15(2)11-13-16)14-20(3)17-8-6-5-7-9-17/h5-13,18-19H,4,14H2,1-3H3. The molecule has 0 saturated carbocycles.